The van der Waals surface area contributed by atoms with Gasteiger partial charge in [0.15, 0.2) is 12.2 Å². The molecular weight excluding hydrogens is 1350 g/mol. The summed E-state index contributed by atoms with van der Waals surface area (Å²) in [4.78, 5) is 73.2. The van der Waals surface area contributed by atoms with Gasteiger partial charge >= 0.3 is 39.5 Å². The van der Waals surface area contributed by atoms with E-state index in [0.717, 1.165) is 122 Å². The summed E-state index contributed by atoms with van der Waals surface area (Å²) in [6.07, 6.45) is 78.9. The Bertz CT molecular complexity index is 2200. The monoisotopic (exact) mass is 1510 g/mol. The average molecular weight is 1510 g/mol. The van der Waals surface area contributed by atoms with E-state index in [-0.39, 0.29) is 25.7 Å². The van der Waals surface area contributed by atoms with Crippen LogP contribution in [0.1, 0.15) is 400 Å². The van der Waals surface area contributed by atoms with Crippen molar-refractivity contribution in [1.29, 1.82) is 0 Å². The van der Waals surface area contributed by atoms with Gasteiger partial charge in [0.1, 0.15) is 19.3 Å². The first-order valence-corrected chi connectivity index (χ1v) is 45.5. The smallest absolute Gasteiger partial charge is 0.462 e. The van der Waals surface area contributed by atoms with Gasteiger partial charge in [0.05, 0.1) is 26.4 Å². The van der Waals surface area contributed by atoms with Gasteiger partial charge in [-0.3, -0.25) is 37.3 Å². The van der Waals surface area contributed by atoms with Crippen LogP contribution in [0.15, 0.2) is 60.8 Å². The Morgan fingerprint density at radius 3 is 0.769 bits per heavy atom. The van der Waals surface area contributed by atoms with E-state index in [1.807, 2.05) is 0 Å². The quantitative estimate of drug-likeness (QED) is 0.0169. The summed E-state index contributed by atoms with van der Waals surface area (Å²) in [6, 6.07) is 0. The Morgan fingerprint density at radius 2 is 0.500 bits per heavy atom. The van der Waals surface area contributed by atoms with Crippen LogP contribution in [0, 0.1) is 0 Å². The fourth-order valence-corrected chi connectivity index (χ4v) is 13.7. The van der Waals surface area contributed by atoms with E-state index in [0.29, 0.717) is 25.7 Å². The van der Waals surface area contributed by atoms with E-state index in [4.69, 9.17) is 37.0 Å². The molecule has 0 rings (SSSR count). The molecule has 5 atom stereocenters. The lowest BCUT2D eigenvalue weighted by Crippen LogP contribution is -2.30. The molecule has 5 unspecified atom stereocenters. The molecule has 3 N–H and O–H groups in total. The molecule has 0 aromatic rings. The van der Waals surface area contributed by atoms with Crippen molar-refractivity contribution in [3.05, 3.63) is 60.8 Å². The molecular formula is C85H156O17P2. The molecule has 0 radical (unpaired) electrons. The number of unbranched alkanes of at least 4 members (excludes halogenated alkanes) is 45. The number of rotatable bonds is 81. The van der Waals surface area contributed by atoms with Crippen LogP contribution in [-0.2, 0) is 65.4 Å². The maximum atomic E-state index is 13.1. The van der Waals surface area contributed by atoms with Crippen molar-refractivity contribution in [3.8, 4) is 0 Å². The van der Waals surface area contributed by atoms with E-state index < -0.39 is 97.5 Å². The normalized spacial score (nSPS) is 14.1. The van der Waals surface area contributed by atoms with Gasteiger partial charge in [-0.15, -0.1) is 0 Å². The molecule has 0 aliphatic rings. The number of aliphatic hydroxyl groups excluding tert-OH is 1. The van der Waals surface area contributed by atoms with Gasteiger partial charge in [0, 0.05) is 25.7 Å². The first-order valence-electron chi connectivity index (χ1n) is 42.5. The topological polar surface area (TPSA) is 237 Å². The zero-order valence-electron chi connectivity index (χ0n) is 66.7. The summed E-state index contributed by atoms with van der Waals surface area (Å²) in [5.74, 6) is -2.16. The molecule has 19 heteroatoms. The average Bonchev–Trinajstić information content (AvgIpc) is 0.918. The number of ether oxygens (including phenoxy) is 4. The van der Waals surface area contributed by atoms with Gasteiger partial charge < -0.3 is 33.8 Å². The highest BCUT2D eigenvalue weighted by Crippen LogP contribution is 2.45. The first-order chi connectivity index (χ1) is 50.7. The third-order valence-electron chi connectivity index (χ3n) is 18.5. The fourth-order valence-electron chi connectivity index (χ4n) is 12.1. The van der Waals surface area contributed by atoms with E-state index in [1.165, 1.54) is 199 Å². The summed E-state index contributed by atoms with van der Waals surface area (Å²) in [6.45, 7) is 4.84. The number of esters is 4. The van der Waals surface area contributed by atoms with Crippen molar-refractivity contribution >= 4 is 39.5 Å². The van der Waals surface area contributed by atoms with Crippen molar-refractivity contribution in [2.75, 3.05) is 39.6 Å². The first kappa shape index (κ1) is 101. The van der Waals surface area contributed by atoms with Crippen LogP contribution in [0.2, 0.25) is 0 Å². The Morgan fingerprint density at radius 1 is 0.279 bits per heavy atom. The second kappa shape index (κ2) is 77.9. The lowest BCUT2D eigenvalue weighted by molar-refractivity contribution is -0.161. The number of allylic oxidation sites excluding steroid dienone is 10. The Labute approximate surface area is 635 Å². The highest BCUT2D eigenvalue weighted by atomic mass is 31.2. The van der Waals surface area contributed by atoms with Crippen molar-refractivity contribution in [2.45, 2.75) is 418 Å². The predicted molar refractivity (Wildman–Crippen MR) is 427 cm³/mol. The standard InChI is InChI=1S/C85H156O17P2/c1-5-9-13-17-21-25-29-33-37-38-39-40-44-46-50-54-58-62-66-70-83(88)96-76-81(102-85(90)72-68-64-60-56-52-48-43-36-32-28-24-20-16-12-8-4)78-100-104(93,94)98-74-79(86)73-97-103(91,92)99-77-80(101-84(89)71-67-63-59-55-51-47-42-35-31-27-23-19-15-11-7-3)75-95-82(87)69-65-61-57-53-49-45-41-34-30-26-22-18-14-10-6-2/h9,13,21,25,33,37,39-40,46,50,79-81,86H,5-8,10-12,14-20,22-24,26-32,34-36,38,41-45,47-49,51-78H2,1-4H3,(H,91,92)(H,93,94)/b13-9-,25-21-,37-33-,40-39-,50-46-. The Kier molecular flexibility index (Phi) is 75.5. The highest BCUT2D eigenvalue weighted by molar-refractivity contribution is 7.47. The van der Waals surface area contributed by atoms with Gasteiger partial charge in [-0.1, -0.05) is 365 Å². The maximum Gasteiger partial charge on any atom is 0.472 e. The number of phosphoric acid groups is 2. The van der Waals surface area contributed by atoms with E-state index in [1.54, 1.807) is 0 Å². The summed E-state index contributed by atoms with van der Waals surface area (Å²) < 4.78 is 68.8. The van der Waals surface area contributed by atoms with Crippen LogP contribution in [0.5, 0.6) is 0 Å². The molecule has 0 aromatic heterocycles. The lowest BCUT2D eigenvalue weighted by Gasteiger charge is -2.21. The van der Waals surface area contributed by atoms with Gasteiger partial charge in [-0.2, -0.15) is 0 Å². The van der Waals surface area contributed by atoms with E-state index >= 15 is 0 Å². The second-order valence-corrected chi connectivity index (χ2v) is 31.7. The van der Waals surface area contributed by atoms with Crippen molar-refractivity contribution in [1.82, 2.24) is 0 Å². The number of carbonyl (C=O) groups excluding carboxylic acids is 4. The van der Waals surface area contributed by atoms with Crippen LogP contribution in [0.25, 0.3) is 0 Å². The summed E-state index contributed by atoms with van der Waals surface area (Å²) in [5, 5.41) is 10.7. The zero-order valence-corrected chi connectivity index (χ0v) is 68.5. The maximum absolute atomic E-state index is 13.1. The number of carbonyl (C=O) groups is 4. The molecule has 0 aliphatic carbocycles. The van der Waals surface area contributed by atoms with Gasteiger partial charge in [0.2, 0.25) is 0 Å². The van der Waals surface area contributed by atoms with Crippen molar-refractivity contribution in [3.63, 3.8) is 0 Å². The van der Waals surface area contributed by atoms with Gasteiger partial charge in [0.25, 0.3) is 0 Å². The van der Waals surface area contributed by atoms with E-state index in [9.17, 15) is 43.2 Å². The fraction of sp³-hybridized carbons (Fsp3) is 0.835. The highest BCUT2D eigenvalue weighted by Gasteiger charge is 2.30. The molecule has 0 saturated carbocycles. The molecule has 0 bridgehead atoms. The molecule has 0 spiro atoms. The molecule has 0 fully saturated rings. The third-order valence-corrected chi connectivity index (χ3v) is 20.4. The predicted octanol–water partition coefficient (Wildman–Crippen LogP) is 25.0. The second-order valence-electron chi connectivity index (χ2n) is 28.8. The Balaban J connectivity index is 5.34. The van der Waals surface area contributed by atoms with Crippen LogP contribution in [-0.4, -0.2) is 96.7 Å². The molecule has 0 heterocycles. The minimum Gasteiger partial charge on any atom is -0.462 e. The SMILES string of the molecule is CC/C=C\C/C=C\C/C=C\C/C=C\C/C=C\CCCCCC(=O)OCC(COP(=O)(O)OCC(O)COP(=O)(O)OCC(COC(=O)CCCCCCCCCCCCCCCCC)OC(=O)CCCCCCCCCCCCCCCCC)OC(=O)CCCCCCCCCCCCCCCCC. The van der Waals surface area contributed by atoms with Crippen LogP contribution in [0.3, 0.4) is 0 Å². The number of hydrogen-bond donors (Lipinski definition) is 3. The largest absolute Gasteiger partial charge is 0.472 e. The molecule has 104 heavy (non-hydrogen) atoms. The summed E-state index contributed by atoms with van der Waals surface area (Å²) in [7, 11) is -9.95. The lowest BCUT2D eigenvalue weighted by atomic mass is 10.0. The molecule has 17 nitrogen and oxygen atoms in total. The number of phosphoric ester groups is 2. The van der Waals surface area contributed by atoms with Gasteiger partial charge in [-0.25, -0.2) is 9.13 Å². The van der Waals surface area contributed by atoms with E-state index in [2.05, 4.69) is 88.5 Å². The van der Waals surface area contributed by atoms with Crippen molar-refractivity contribution in [2.24, 2.45) is 0 Å². The number of hydrogen-bond acceptors (Lipinski definition) is 15. The molecule has 0 saturated heterocycles. The zero-order chi connectivity index (χ0) is 76.0. The van der Waals surface area contributed by atoms with Crippen LogP contribution >= 0.6 is 15.6 Å². The molecule has 0 amide bonds. The molecule has 0 aliphatic heterocycles. The van der Waals surface area contributed by atoms with Crippen LogP contribution < -0.4 is 0 Å². The summed E-state index contributed by atoms with van der Waals surface area (Å²) >= 11 is 0. The van der Waals surface area contributed by atoms with Gasteiger partial charge in [-0.05, 0) is 70.6 Å². The number of aliphatic hydroxyl groups is 1. The third kappa shape index (κ3) is 76.9. The summed E-state index contributed by atoms with van der Waals surface area (Å²) in [5.41, 5.74) is 0. The molecule has 0 aromatic carbocycles. The molecule has 608 valence electrons. The minimum absolute atomic E-state index is 0.0942. The van der Waals surface area contributed by atoms with Crippen LogP contribution in [0.4, 0.5) is 0 Å². The minimum atomic E-state index is -4.98. The Hall–Kier alpha value is -3.24. The van der Waals surface area contributed by atoms with Crippen molar-refractivity contribution < 1.29 is 80.2 Å².